The quantitative estimate of drug-likeness (QED) is 0.572. The summed E-state index contributed by atoms with van der Waals surface area (Å²) < 4.78 is 6.43. The van der Waals surface area contributed by atoms with Crippen LogP contribution < -0.4 is 16.1 Å². The average molecular weight is 256 g/mol. The van der Waals surface area contributed by atoms with Crippen molar-refractivity contribution in [2.75, 3.05) is 25.1 Å². The molecular weight excluding hydrogens is 244 g/mol. The van der Waals surface area contributed by atoms with Crippen molar-refractivity contribution in [3.63, 3.8) is 0 Å². The molecule has 18 heavy (non-hydrogen) atoms. The Morgan fingerprint density at radius 3 is 2.78 bits per heavy atom. The third kappa shape index (κ3) is 1.68. The molecule has 0 bridgehead atoms. The molecule has 1 atom stereocenters. The zero-order valence-corrected chi connectivity index (χ0v) is 9.87. The Labute approximate surface area is 101 Å². The summed E-state index contributed by atoms with van der Waals surface area (Å²) in [4.78, 5) is 36.7. The molecule has 9 heteroatoms. The SMILES string of the molecule is CCO[C@@H]1CN(C)c2c([N+](=O)[O-])c(=O)[nH]c(=O)n21. The molecular formula is C9H12N4O5. The van der Waals surface area contributed by atoms with Crippen LogP contribution in [-0.2, 0) is 4.74 Å². The van der Waals surface area contributed by atoms with Gasteiger partial charge in [0.1, 0.15) is 0 Å². The van der Waals surface area contributed by atoms with E-state index >= 15 is 0 Å². The van der Waals surface area contributed by atoms with E-state index in [9.17, 15) is 19.7 Å². The van der Waals surface area contributed by atoms with Gasteiger partial charge in [0.05, 0.1) is 11.5 Å². The predicted octanol–water partition coefficient (Wildman–Crippen LogP) is -0.570. The van der Waals surface area contributed by atoms with Gasteiger partial charge in [-0.05, 0) is 6.92 Å². The number of nitrogens with zero attached hydrogens (tertiary/aromatic N) is 3. The van der Waals surface area contributed by atoms with Gasteiger partial charge >= 0.3 is 16.9 Å². The van der Waals surface area contributed by atoms with Crippen LogP contribution in [0.1, 0.15) is 13.2 Å². The summed E-state index contributed by atoms with van der Waals surface area (Å²) >= 11 is 0. The van der Waals surface area contributed by atoms with E-state index in [1.54, 1.807) is 14.0 Å². The highest BCUT2D eigenvalue weighted by Crippen LogP contribution is 2.31. The lowest BCUT2D eigenvalue weighted by Gasteiger charge is -2.11. The maximum Gasteiger partial charge on any atom is 0.374 e. The van der Waals surface area contributed by atoms with Gasteiger partial charge in [-0.15, -0.1) is 0 Å². The van der Waals surface area contributed by atoms with Gasteiger partial charge in [-0.1, -0.05) is 0 Å². The lowest BCUT2D eigenvalue weighted by molar-refractivity contribution is -0.385. The molecule has 0 radical (unpaired) electrons. The second-order valence-corrected chi connectivity index (χ2v) is 3.85. The second kappa shape index (κ2) is 4.26. The molecule has 1 aliphatic heterocycles. The Morgan fingerprint density at radius 1 is 1.56 bits per heavy atom. The average Bonchev–Trinajstić information content (AvgIpc) is 2.56. The summed E-state index contributed by atoms with van der Waals surface area (Å²) in [5, 5.41) is 10.9. The van der Waals surface area contributed by atoms with Crippen LogP contribution in [0.4, 0.5) is 11.5 Å². The molecule has 1 aromatic heterocycles. The number of rotatable bonds is 3. The lowest BCUT2D eigenvalue weighted by atomic mass is 10.4. The van der Waals surface area contributed by atoms with Crippen LogP contribution in [0.25, 0.3) is 0 Å². The molecule has 1 aliphatic rings. The highest BCUT2D eigenvalue weighted by Gasteiger charge is 2.36. The topological polar surface area (TPSA) is 110 Å². The Morgan fingerprint density at radius 2 is 2.22 bits per heavy atom. The van der Waals surface area contributed by atoms with E-state index in [0.717, 1.165) is 4.57 Å². The van der Waals surface area contributed by atoms with E-state index in [0.29, 0.717) is 6.61 Å². The summed E-state index contributed by atoms with van der Waals surface area (Å²) in [7, 11) is 1.57. The Bertz CT molecular complexity index is 604. The molecule has 0 fully saturated rings. The molecule has 1 N–H and O–H groups in total. The highest BCUT2D eigenvalue weighted by molar-refractivity contribution is 5.58. The molecule has 0 unspecified atom stereocenters. The minimum Gasteiger partial charge on any atom is -0.356 e. The van der Waals surface area contributed by atoms with Crippen LogP contribution in [-0.4, -0.2) is 34.7 Å². The minimum atomic E-state index is -1.000. The molecule has 98 valence electrons. The number of nitro groups is 1. The third-order valence-electron chi connectivity index (χ3n) is 2.72. The zero-order chi connectivity index (χ0) is 13.4. The number of hydrogen-bond donors (Lipinski definition) is 1. The van der Waals surface area contributed by atoms with Crippen molar-refractivity contribution in [1.82, 2.24) is 9.55 Å². The van der Waals surface area contributed by atoms with E-state index < -0.39 is 28.1 Å². The molecule has 0 saturated carbocycles. The molecule has 9 nitrogen and oxygen atoms in total. The number of ether oxygens (including phenoxy) is 1. The first-order valence-corrected chi connectivity index (χ1v) is 5.33. The molecule has 1 aromatic rings. The number of hydrogen-bond acceptors (Lipinski definition) is 6. The van der Waals surface area contributed by atoms with E-state index in [1.165, 1.54) is 4.90 Å². The van der Waals surface area contributed by atoms with E-state index in [-0.39, 0.29) is 12.4 Å². The van der Waals surface area contributed by atoms with Crippen LogP contribution in [0.2, 0.25) is 0 Å². The number of nitrogens with one attached hydrogen (secondary N) is 1. The molecule has 0 amide bonds. The van der Waals surface area contributed by atoms with Gasteiger partial charge in [-0.2, -0.15) is 0 Å². The van der Waals surface area contributed by atoms with E-state index in [2.05, 4.69) is 0 Å². The van der Waals surface area contributed by atoms with Gasteiger partial charge in [-0.3, -0.25) is 19.9 Å². The maximum atomic E-state index is 11.7. The first-order chi connectivity index (χ1) is 8.47. The predicted molar refractivity (Wildman–Crippen MR) is 61.9 cm³/mol. The van der Waals surface area contributed by atoms with Crippen molar-refractivity contribution in [3.05, 3.63) is 31.0 Å². The first kappa shape index (κ1) is 12.3. The van der Waals surface area contributed by atoms with Gasteiger partial charge in [0.2, 0.25) is 5.82 Å². The summed E-state index contributed by atoms with van der Waals surface area (Å²) in [5.41, 5.74) is -2.34. The summed E-state index contributed by atoms with van der Waals surface area (Å²) in [6, 6.07) is 0. The van der Waals surface area contributed by atoms with Crippen molar-refractivity contribution < 1.29 is 9.66 Å². The van der Waals surface area contributed by atoms with E-state index in [1.807, 2.05) is 4.98 Å². The fraction of sp³-hybridized carbons (Fsp3) is 0.556. The Kier molecular flexibility index (Phi) is 2.91. The van der Waals surface area contributed by atoms with Crippen LogP contribution >= 0.6 is 0 Å². The largest absolute Gasteiger partial charge is 0.374 e. The van der Waals surface area contributed by atoms with E-state index in [4.69, 9.17) is 4.74 Å². The number of fused-ring (bicyclic) bond motifs is 1. The molecule has 0 spiro atoms. The van der Waals surface area contributed by atoms with Crippen molar-refractivity contribution in [2.24, 2.45) is 0 Å². The first-order valence-electron chi connectivity index (χ1n) is 5.33. The maximum absolute atomic E-state index is 11.7. The van der Waals surface area contributed by atoms with Crippen molar-refractivity contribution in [3.8, 4) is 0 Å². The molecule has 0 aliphatic carbocycles. The number of aromatic amines is 1. The normalized spacial score (nSPS) is 17.9. The molecule has 2 rings (SSSR count). The van der Waals surface area contributed by atoms with Gasteiger partial charge in [-0.25, -0.2) is 9.36 Å². The van der Waals surface area contributed by atoms with Crippen LogP contribution in [0.5, 0.6) is 0 Å². The summed E-state index contributed by atoms with van der Waals surface area (Å²) in [5.74, 6) is -0.0211. The summed E-state index contributed by atoms with van der Waals surface area (Å²) in [6.07, 6.45) is -0.627. The van der Waals surface area contributed by atoms with Crippen LogP contribution in [0.3, 0.4) is 0 Å². The third-order valence-corrected chi connectivity index (χ3v) is 2.72. The highest BCUT2D eigenvalue weighted by atomic mass is 16.6. The van der Waals surface area contributed by atoms with Gasteiger partial charge < -0.3 is 9.64 Å². The van der Waals surface area contributed by atoms with Crippen LogP contribution in [0, 0.1) is 10.1 Å². The van der Waals surface area contributed by atoms with Gasteiger partial charge in [0.15, 0.2) is 6.23 Å². The molecule has 2 heterocycles. The smallest absolute Gasteiger partial charge is 0.356 e. The standard InChI is InChI=1S/C9H12N4O5/c1-3-18-5-4-11(2)8-6(13(16)17)7(14)10-9(15)12(5)8/h5H,3-4H2,1-2H3,(H,10,14,15)/t5-/m1/s1. The number of H-pyrrole nitrogens is 1. The summed E-state index contributed by atoms with van der Waals surface area (Å²) in [6.45, 7) is 2.39. The number of likely N-dealkylation sites (N-methyl/N-ethyl adjacent to an activating group) is 1. The second-order valence-electron chi connectivity index (χ2n) is 3.85. The zero-order valence-electron chi connectivity index (χ0n) is 9.87. The van der Waals surface area contributed by atoms with Gasteiger partial charge in [0, 0.05) is 13.7 Å². The number of anilines is 1. The number of aromatic nitrogens is 2. The minimum absolute atomic E-state index is 0.0211. The van der Waals surface area contributed by atoms with Crippen molar-refractivity contribution in [2.45, 2.75) is 13.2 Å². The fourth-order valence-electron chi connectivity index (χ4n) is 2.05. The molecule has 0 saturated heterocycles. The lowest BCUT2D eigenvalue weighted by Crippen LogP contribution is -2.33. The molecule has 0 aromatic carbocycles. The van der Waals surface area contributed by atoms with Crippen molar-refractivity contribution in [1.29, 1.82) is 0 Å². The van der Waals surface area contributed by atoms with Crippen LogP contribution in [0.15, 0.2) is 9.59 Å². The Balaban J connectivity index is 2.74. The fourth-order valence-corrected chi connectivity index (χ4v) is 2.05. The monoisotopic (exact) mass is 256 g/mol. The van der Waals surface area contributed by atoms with Gasteiger partial charge in [0.25, 0.3) is 0 Å². The Hall–Kier alpha value is -2.16. The van der Waals surface area contributed by atoms with Crippen molar-refractivity contribution >= 4 is 11.5 Å².